The summed E-state index contributed by atoms with van der Waals surface area (Å²) in [5.74, 6) is 0.0796. The zero-order valence-electron chi connectivity index (χ0n) is 7.82. The summed E-state index contributed by atoms with van der Waals surface area (Å²) in [5, 5.41) is 3.76. The number of ketones is 1. The first-order valence-electron chi connectivity index (χ1n) is 4.48. The molecule has 0 bridgehead atoms. The van der Waals surface area contributed by atoms with Gasteiger partial charge in [-0.1, -0.05) is 12.1 Å². The molecule has 0 aliphatic carbocycles. The third kappa shape index (κ3) is 1.41. The van der Waals surface area contributed by atoms with E-state index in [4.69, 9.17) is 4.52 Å². The van der Waals surface area contributed by atoms with Gasteiger partial charge in [0.2, 0.25) is 11.8 Å². The summed E-state index contributed by atoms with van der Waals surface area (Å²) >= 11 is 0. The second-order valence-electron chi connectivity index (χ2n) is 3.21. The molecule has 0 atom stereocenters. The van der Waals surface area contributed by atoms with Gasteiger partial charge in [-0.3, -0.25) is 14.5 Å². The number of hydrogen-bond acceptors (Lipinski definition) is 4. The number of aromatic nitrogens is 1. The van der Waals surface area contributed by atoms with E-state index in [0.29, 0.717) is 5.88 Å². The van der Waals surface area contributed by atoms with Gasteiger partial charge in [0.25, 0.3) is 0 Å². The number of hydrogen-bond donors (Lipinski definition) is 0. The molecule has 5 nitrogen and oxygen atoms in total. The van der Waals surface area contributed by atoms with Crippen molar-refractivity contribution in [2.24, 2.45) is 0 Å². The zero-order chi connectivity index (χ0) is 10.1. The Morgan fingerprint density at radius 2 is 2.36 bits per heavy atom. The van der Waals surface area contributed by atoms with Crippen molar-refractivity contribution in [3.63, 3.8) is 0 Å². The monoisotopic (exact) mass is 194 g/mol. The number of Topliss-reactive ketones (excluding diaryl/α,β-unsaturated/α-hetero) is 1. The fourth-order valence-corrected chi connectivity index (χ4v) is 1.38. The Hall–Kier alpha value is -1.65. The van der Waals surface area contributed by atoms with Crippen molar-refractivity contribution < 1.29 is 14.1 Å². The Kier molecular flexibility index (Phi) is 2.07. The summed E-state index contributed by atoms with van der Waals surface area (Å²) in [6.45, 7) is 2.05. The van der Waals surface area contributed by atoms with Gasteiger partial charge in [-0.2, -0.15) is 0 Å². The van der Waals surface area contributed by atoms with E-state index in [-0.39, 0.29) is 24.7 Å². The van der Waals surface area contributed by atoms with E-state index in [1.807, 2.05) is 6.92 Å². The molecule has 1 aromatic rings. The molecular formula is C9H10N2O3. The molecule has 1 aromatic heterocycles. The second kappa shape index (κ2) is 3.25. The molecule has 74 valence electrons. The smallest absolute Gasteiger partial charge is 0.237 e. The fourth-order valence-electron chi connectivity index (χ4n) is 1.38. The predicted octanol–water partition coefficient (Wildman–Crippen LogP) is 0.543. The molecule has 1 fully saturated rings. The average molecular weight is 194 g/mol. The van der Waals surface area contributed by atoms with E-state index >= 15 is 0 Å². The molecule has 2 heterocycles. The molecule has 5 heteroatoms. The first-order valence-corrected chi connectivity index (χ1v) is 4.48. The molecule has 1 amide bonds. The topological polar surface area (TPSA) is 63.4 Å². The van der Waals surface area contributed by atoms with E-state index in [9.17, 15) is 9.59 Å². The molecule has 1 aliphatic heterocycles. The van der Waals surface area contributed by atoms with Crippen LogP contribution in [-0.2, 0) is 16.0 Å². The van der Waals surface area contributed by atoms with Crippen LogP contribution in [0.2, 0.25) is 0 Å². The maximum absolute atomic E-state index is 11.3. The van der Waals surface area contributed by atoms with Crippen LogP contribution in [-0.4, -0.2) is 23.4 Å². The minimum Gasteiger partial charge on any atom is -0.338 e. The Morgan fingerprint density at radius 3 is 2.86 bits per heavy atom. The molecule has 2 rings (SSSR count). The van der Waals surface area contributed by atoms with Gasteiger partial charge >= 0.3 is 0 Å². The highest BCUT2D eigenvalue weighted by molar-refractivity contribution is 6.14. The highest BCUT2D eigenvalue weighted by atomic mass is 16.5. The van der Waals surface area contributed by atoms with Gasteiger partial charge < -0.3 is 4.52 Å². The number of anilines is 1. The summed E-state index contributed by atoms with van der Waals surface area (Å²) in [7, 11) is 0. The van der Waals surface area contributed by atoms with Crippen LogP contribution in [0.25, 0.3) is 0 Å². The average Bonchev–Trinajstić information content (AvgIpc) is 2.71. The van der Waals surface area contributed by atoms with Crippen LogP contribution >= 0.6 is 0 Å². The first kappa shape index (κ1) is 8.93. The number of rotatable bonds is 2. The predicted molar refractivity (Wildman–Crippen MR) is 47.9 cm³/mol. The van der Waals surface area contributed by atoms with E-state index in [1.165, 1.54) is 4.90 Å². The van der Waals surface area contributed by atoms with E-state index in [1.54, 1.807) is 6.07 Å². The van der Waals surface area contributed by atoms with E-state index < -0.39 is 0 Å². The summed E-state index contributed by atoms with van der Waals surface area (Å²) in [6.07, 6.45) is 0.724. The standard InChI is InChI=1S/C9H10N2O3/c1-2-6-3-9(14-10-6)11-5-7(12)4-8(11)13/h3H,2,4-5H2,1H3. The molecule has 0 saturated carbocycles. The van der Waals surface area contributed by atoms with Crippen LogP contribution in [0.5, 0.6) is 0 Å². The van der Waals surface area contributed by atoms with Crippen LogP contribution in [0.15, 0.2) is 10.6 Å². The lowest BCUT2D eigenvalue weighted by atomic mass is 10.3. The SMILES string of the molecule is CCc1cc(N2CC(=O)CC2=O)on1. The maximum Gasteiger partial charge on any atom is 0.237 e. The molecule has 0 spiro atoms. The molecule has 0 aromatic carbocycles. The normalized spacial score (nSPS) is 16.8. The minimum atomic E-state index is -0.214. The second-order valence-corrected chi connectivity index (χ2v) is 3.21. The highest BCUT2D eigenvalue weighted by Gasteiger charge is 2.30. The Bertz CT molecular complexity index is 383. The lowest BCUT2D eigenvalue weighted by Gasteiger charge is -2.07. The molecule has 1 saturated heterocycles. The van der Waals surface area contributed by atoms with Crippen molar-refractivity contribution in [2.45, 2.75) is 19.8 Å². The summed E-state index contributed by atoms with van der Waals surface area (Å²) in [4.78, 5) is 23.6. The van der Waals surface area contributed by atoms with Gasteiger partial charge in [-0.05, 0) is 6.42 Å². The summed E-state index contributed by atoms with van der Waals surface area (Å²) in [6, 6.07) is 1.69. The van der Waals surface area contributed by atoms with Crippen LogP contribution in [0.4, 0.5) is 5.88 Å². The number of carbonyl (C=O) groups excluding carboxylic acids is 2. The van der Waals surface area contributed by atoms with Crippen LogP contribution in [0.3, 0.4) is 0 Å². The van der Waals surface area contributed by atoms with Crippen LogP contribution < -0.4 is 4.90 Å². The van der Waals surface area contributed by atoms with Crippen molar-refractivity contribution in [2.75, 3.05) is 11.4 Å². The Labute approximate surface area is 80.7 Å². The first-order chi connectivity index (χ1) is 6.70. The van der Waals surface area contributed by atoms with Crippen molar-refractivity contribution in [1.29, 1.82) is 0 Å². The number of aryl methyl sites for hydroxylation is 1. The number of amides is 1. The van der Waals surface area contributed by atoms with Crippen molar-refractivity contribution in [3.8, 4) is 0 Å². The molecule has 0 N–H and O–H groups in total. The third-order valence-corrected chi connectivity index (χ3v) is 2.16. The lowest BCUT2D eigenvalue weighted by Crippen LogP contribution is -2.23. The van der Waals surface area contributed by atoms with Crippen molar-refractivity contribution in [3.05, 3.63) is 11.8 Å². The fraction of sp³-hybridized carbons (Fsp3) is 0.444. The van der Waals surface area contributed by atoms with Gasteiger partial charge in [0.15, 0.2) is 5.78 Å². The quantitative estimate of drug-likeness (QED) is 0.644. The molecule has 0 unspecified atom stereocenters. The maximum atomic E-state index is 11.3. The molecular weight excluding hydrogens is 184 g/mol. The Balaban J connectivity index is 2.22. The van der Waals surface area contributed by atoms with E-state index in [2.05, 4.69) is 5.16 Å². The summed E-state index contributed by atoms with van der Waals surface area (Å²) < 4.78 is 4.96. The van der Waals surface area contributed by atoms with Gasteiger partial charge in [0.05, 0.1) is 18.7 Å². The number of carbonyl (C=O) groups is 2. The van der Waals surface area contributed by atoms with Crippen LogP contribution in [0, 0.1) is 0 Å². The number of nitrogens with zero attached hydrogens (tertiary/aromatic N) is 2. The third-order valence-electron chi connectivity index (χ3n) is 2.16. The molecule has 0 radical (unpaired) electrons. The lowest BCUT2D eigenvalue weighted by molar-refractivity contribution is -0.121. The molecule has 14 heavy (non-hydrogen) atoms. The minimum absolute atomic E-state index is 0.0256. The summed E-state index contributed by atoms with van der Waals surface area (Å²) in [5.41, 5.74) is 0.784. The van der Waals surface area contributed by atoms with E-state index in [0.717, 1.165) is 12.1 Å². The van der Waals surface area contributed by atoms with Gasteiger partial charge in [-0.25, -0.2) is 0 Å². The van der Waals surface area contributed by atoms with Crippen molar-refractivity contribution >= 4 is 17.6 Å². The van der Waals surface area contributed by atoms with Gasteiger partial charge in [0, 0.05) is 6.07 Å². The Morgan fingerprint density at radius 1 is 1.57 bits per heavy atom. The van der Waals surface area contributed by atoms with Gasteiger partial charge in [-0.15, -0.1) is 0 Å². The zero-order valence-corrected chi connectivity index (χ0v) is 7.82. The largest absolute Gasteiger partial charge is 0.338 e. The highest BCUT2D eigenvalue weighted by Crippen LogP contribution is 2.20. The van der Waals surface area contributed by atoms with Gasteiger partial charge in [0.1, 0.15) is 0 Å². The van der Waals surface area contributed by atoms with Crippen molar-refractivity contribution in [1.82, 2.24) is 5.16 Å². The van der Waals surface area contributed by atoms with Crippen LogP contribution in [0.1, 0.15) is 19.0 Å². The molecule has 1 aliphatic rings.